The Kier molecular flexibility index (Phi) is 5.79. The highest BCUT2D eigenvalue weighted by Gasteiger charge is 2.32. The van der Waals surface area contributed by atoms with E-state index in [9.17, 15) is 18.0 Å². The number of sulfonamides is 1. The number of para-hydroxylation sites is 2. The van der Waals surface area contributed by atoms with Crippen LogP contribution in [0.2, 0.25) is 0 Å². The van der Waals surface area contributed by atoms with Gasteiger partial charge >= 0.3 is 0 Å². The largest absolute Gasteiger partial charge is 0.339 e. The number of amides is 1. The standard InChI is InChI=1S/C25H25N3O4S2/c1-17-15-23(18(2)33-17)34(31,32)27-13-11-26(12-14-27)24(29)16-28-21-9-5-3-7-19(21)25(30)20-8-4-6-10-22(20)28/h3-10,15H,11-14,16H2,1-2H3. The quantitative estimate of drug-likeness (QED) is 0.407. The van der Waals surface area contributed by atoms with Crippen molar-refractivity contribution in [2.75, 3.05) is 26.2 Å². The van der Waals surface area contributed by atoms with E-state index in [1.165, 1.54) is 15.6 Å². The molecule has 1 amide bonds. The molecule has 0 radical (unpaired) electrons. The molecular formula is C25H25N3O4S2. The van der Waals surface area contributed by atoms with E-state index in [-0.39, 0.29) is 31.0 Å². The third kappa shape index (κ3) is 3.83. The van der Waals surface area contributed by atoms with Crippen molar-refractivity contribution in [1.29, 1.82) is 0 Å². The zero-order valence-electron chi connectivity index (χ0n) is 19.0. The summed E-state index contributed by atoms with van der Waals surface area (Å²) in [6.45, 7) is 4.98. The highest BCUT2D eigenvalue weighted by Crippen LogP contribution is 2.28. The third-order valence-corrected chi connectivity index (χ3v) is 9.50. The average molecular weight is 496 g/mol. The van der Waals surface area contributed by atoms with Gasteiger partial charge in [-0.2, -0.15) is 4.31 Å². The Morgan fingerprint density at radius 1 is 0.912 bits per heavy atom. The highest BCUT2D eigenvalue weighted by molar-refractivity contribution is 7.89. The predicted octanol–water partition coefficient (Wildman–Crippen LogP) is 3.37. The number of thiophene rings is 1. The summed E-state index contributed by atoms with van der Waals surface area (Å²) in [5.41, 5.74) is 1.38. The van der Waals surface area contributed by atoms with Gasteiger partial charge in [0, 0.05) is 46.7 Å². The van der Waals surface area contributed by atoms with Gasteiger partial charge in [-0.3, -0.25) is 9.59 Å². The summed E-state index contributed by atoms with van der Waals surface area (Å²) in [4.78, 5) is 30.0. The van der Waals surface area contributed by atoms with Crippen LogP contribution in [0.15, 0.2) is 64.3 Å². The van der Waals surface area contributed by atoms with Gasteiger partial charge in [0.2, 0.25) is 15.9 Å². The SMILES string of the molecule is Cc1cc(S(=O)(=O)N2CCN(C(=O)Cn3c4ccccc4c(=O)c4ccccc43)CC2)c(C)s1. The minimum absolute atomic E-state index is 0.0484. The van der Waals surface area contributed by atoms with Gasteiger partial charge in [-0.25, -0.2) is 8.42 Å². The van der Waals surface area contributed by atoms with Crippen molar-refractivity contribution >= 4 is 49.1 Å². The van der Waals surface area contributed by atoms with Gasteiger partial charge in [-0.15, -0.1) is 11.3 Å². The monoisotopic (exact) mass is 495 g/mol. The van der Waals surface area contributed by atoms with Crippen molar-refractivity contribution in [3.8, 4) is 0 Å². The van der Waals surface area contributed by atoms with Gasteiger partial charge in [0.1, 0.15) is 6.54 Å². The summed E-state index contributed by atoms with van der Waals surface area (Å²) in [6.07, 6.45) is 0. The third-order valence-electron chi connectivity index (χ3n) is 6.38. The van der Waals surface area contributed by atoms with Gasteiger partial charge in [0.25, 0.3) is 0 Å². The second-order valence-corrected chi connectivity index (χ2v) is 11.9. The molecule has 1 saturated heterocycles. The number of fused-ring (bicyclic) bond motifs is 2. The minimum Gasteiger partial charge on any atom is -0.339 e. The van der Waals surface area contributed by atoms with Crippen LogP contribution in [0.25, 0.3) is 21.8 Å². The molecule has 0 saturated carbocycles. The molecule has 7 nitrogen and oxygen atoms in total. The fraction of sp³-hybridized carbons (Fsp3) is 0.280. The molecule has 4 aromatic rings. The first-order chi connectivity index (χ1) is 16.3. The number of aryl methyl sites for hydroxylation is 2. The summed E-state index contributed by atoms with van der Waals surface area (Å²) >= 11 is 1.47. The zero-order chi connectivity index (χ0) is 24.0. The Hall–Kier alpha value is -3.01. The molecule has 0 unspecified atom stereocenters. The minimum atomic E-state index is -3.58. The van der Waals surface area contributed by atoms with Crippen LogP contribution in [-0.2, 0) is 21.4 Å². The molecular weight excluding hydrogens is 470 g/mol. The molecule has 1 aliphatic heterocycles. The number of benzene rings is 2. The Morgan fingerprint density at radius 2 is 1.47 bits per heavy atom. The van der Waals surface area contributed by atoms with Crippen molar-refractivity contribution in [2.45, 2.75) is 25.3 Å². The molecule has 0 aliphatic carbocycles. The highest BCUT2D eigenvalue weighted by atomic mass is 32.2. The number of hydrogen-bond donors (Lipinski definition) is 0. The van der Waals surface area contributed by atoms with Gasteiger partial charge in [-0.1, -0.05) is 24.3 Å². The summed E-state index contributed by atoms with van der Waals surface area (Å²) in [7, 11) is -3.58. The first-order valence-electron chi connectivity index (χ1n) is 11.1. The van der Waals surface area contributed by atoms with E-state index in [0.717, 1.165) is 9.75 Å². The van der Waals surface area contributed by atoms with Crippen LogP contribution in [0.3, 0.4) is 0 Å². The molecule has 3 heterocycles. The van der Waals surface area contributed by atoms with Crippen LogP contribution in [0.4, 0.5) is 0 Å². The van der Waals surface area contributed by atoms with Gasteiger partial charge in [0.15, 0.2) is 5.43 Å². The zero-order valence-corrected chi connectivity index (χ0v) is 20.7. The average Bonchev–Trinajstić information content (AvgIpc) is 3.20. The van der Waals surface area contributed by atoms with E-state index in [2.05, 4.69) is 0 Å². The first kappa shape index (κ1) is 22.8. The van der Waals surface area contributed by atoms with Crippen LogP contribution >= 0.6 is 11.3 Å². The summed E-state index contributed by atoms with van der Waals surface area (Å²) < 4.78 is 29.6. The normalized spacial score (nSPS) is 15.3. The topological polar surface area (TPSA) is 79.7 Å². The molecule has 34 heavy (non-hydrogen) atoms. The van der Waals surface area contributed by atoms with E-state index in [0.29, 0.717) is 39.8 Å². The maximum Gasteiger partial charge on any atom is 0.244 e. The molecule has 0 atom stereocenters. The maximum absolute atomic E-state index is 13.3. The van der Waals surface area contributed by atoms with Crippen LogP contribution in [0.1, 0.15) is 9.75 Å². The van der Waals surface area contributed by atoms with Crippen LogP contribution in [-0.4, -0.2) is 54.3 Å². The van der Waals surface area contributed by atoms with Crippen LogP contribution < -0.4 is 5.43 Å². The van der Waals surface area contributed by atoms with E-state index in [4.69, 9.17) is 0 Å². The number of piperazine rings is 1. The fourth-order valence-corrected chi connectivity index (χ4v) is 7.61. The van der Waals surface area contributed by atoms with Crippen LogP contribution in [0, 0.1) is 13.8 Å². The number of aromatic nitrogens is 1. The number of rotatable bonds is 4. The second-order valence-electron chi connectivity index (χ2n) is 8.51. The van der Waals surface area contributed by atoms with Gasteiger partial charge < -0.3 is 9.47 Å². The smallest absolute Gasteiger partial charge is 0.244 e. The molecule has 5 rings (SSSR count). The molecule has 0 bridgehead atoms. The summed E-state index contributed by atoms with van der Waals surface area (Å²) in [5, 5.41) is 1.15. The summed E-state index contributed by atoms with van der Waals surface area (Å²) in [5.74, 6) is -0.0986. The molecule has 0 spiro atoms. The van der Waals surface area contributed by atoms with E-state index >= 15 is 0 Å². The number of hydrogen-bond acceptors (Lipinski definition) is 5. The predicted molar refractivity (Wildman–Crippen MR) is 135 cm³/mol. The number of pyridine rings is 1. The lowest BCUT2D eigenvalue weighted by atomic mass is 10.1. The van der Waals surface area contributed by atoms with E-state index in [1.54, 1.807) is 23.1 Å². The Balaban J connectivity index is 1.39. The Bertz CT molecular complexity index is 1520. The van der Waals surface area contributed by atoms with Crippen molar-refractivity contribution in [1.82, 2.24) is 13.8 Å². The van der Waals surface area contributed by atoms with E-state index < -0.39 is 10.0 Å². The molecule has 176 valence electrons. The lowest BCUT2D eigenvalue weighted by Gasteiger charge is -2.34. The molecule has 1 aliphatic rings. The lowest BCUT2D eigenvalue weighted by molar-refractivity contribution is -0.132. The molecule has 2 aromatic heterocycles. The Morgan fingerprint density at radius 3 is 2.00 bits per heavy atom. The number of carbonyl (C=O) groups is 1. The first-order valence-corrected chi connectivity index (χ1v) is 13.4. The number of carbonyl (C=O) groups excluding carboxylic acids is 1. The lowest BCUT2D eigenvalue weighted by Crippen LogP contribution is -2.51. The molecule has 9 heteroatoms. The Labute approximate surface area is 201 Å². The van der Waals surface area contributed by atoms with Gasteiger partial charge in [0.05, 0.1) is 15.9 Å². The van der Waals surface area contributed by atoms with Crippen LogP contribution in [0.5, 0.6) is 0 Å². The van der Waals surface area contributed by atoms with Crippen molar-refractivity contribution < 1.29 is 13.2 Å². The van der Waals surface area contributed by atoms with E-state index in [1.807, 2.05) is 54.8 Å². The second kappa shape index (κ2) is 8.65. The van der Waals surface area contributed by atoms with Crippen molar-refractivity contribution in [3.63, 3.8) is 0 Å². The fourth-order valence-electron chi connectivity index (χ4n) is 4.66. The summed E-state index contributed by atoms with van der Waals surface area (Å²) in [6, 6.07) is 16.3. The van der Waals surface area contributed by atoms with Crippen molar-refractivity contribution in [3.05, 3.63) is 74.6 Å². The molecule has 1 fully saturated rings. The molecule has 2 aromatic carbocycles. The van der Waals surface area contributed by atoms with Gasteiger partial charge in [-0.05, 0) is 44.2 Å². The molecule has 0 N–H and O–H groups in total. The van der Waals surface area contributed by atoms with Crippen molar-refractivity contribution in [2.24, 2.45) is 0 Å². The number of nitrogens with zero attached hydrogens (tertiary/aromatic N) is 3. The maximum atomic E-state index is 13.3.